The number of aromatic nitrogens is 2. The summed E-state index contributed by atoms with van der Waals surface area (Å²) in [5.74, 6) is 2.05. The van der Waals surface area contributed by atoms with Gasteiger partial charge in [-0.15, -0.1) is 10.2 Å². The summed E-state index contributed by atoms with van der Waals surface area (Å²) in [6.45, 7) is 5.02. The van der Waals surface area contributed by atoms with Gasteiger partial charge in [-0.25, -0.2) is 0 Å². The fraction of sp³-hybridized carbons (Fsp3) is 0.226. The molecule has 5 rings (SSSR count). The van der Waals surface area contributed by atoms with Crippen molar-refractivity contribution in [1.29, 1.82) is 0 Å². The largest absolute Gasteiger partial charge is 0.494 e. The summed E-state index contributed by atoms with van der Waals surface area (Å²) in [7, 11) is 0. The molecule has 0 unspecified atom stereocenters. The van der Waals surface area contributed by atoms with Crippen LogP contribution in [0.5, 0.6) is 11.5 Å². The Balaban J connectivity index is 1.09. The number of piperazine rings is 1. The van der Waals surface area contributed by atoms with Crippen LogP contribution in [-0.2, 0) is 4.79 Å². The molecule has 1 fully saturated rings. The molecule has 0 spiro atoms. The van der Waals surface area contributed by atoms with Gasteiger partial charge in [0.25, 0.3) is 5.91 Å². The lowest BCUT2D eigenvalue weighted by Crippen LogP contribution is -2.50. The first-order valence-corrected chi connectivity index (χ1v) is 13.0. The number of ether oxygens (including phenoxy) is 2. The molecule has 198 valence electrons. The number of nitrogens with zero attached hydrogens (tertiary/aromatic N) is 4. The number of benzene rings is 3. The number of amides is 1. The first kappa shape index (κ1) is 25.9. The SMILES string of the molecule is CCOc1ccc(-c2ccc(N3CCN(C(=O)COc4ccc(C(=O)c5ccccc5)cc4)CC3)nn2)cc1. The maximum Gasteiger partial charge on any atom is 0.260 e. The van der Waals surface area contributed by atoms with Crippen molar-refractivity contribution >= 4 is 17.5 Å². The molecule has 0 atom stereocenters. The van der Waals surface area contributed by atoms with Gasteiger partial charge in [0.1, 0.15) is 11.5 Å². The fourth-order valence-corrected chi connectivity index (χ4v) is 4.42. The molecule has 3 aromatic carbocycles. The van der Waals surface area contributed by atoms with Crippen LogP contribution in [0.4, 0.5) is 5.82 Å². The van der Waals surface area contributed by atoms with Crippen LogP contribution < -0.4 is 14.4 Å². The van der Waals surface area contributed by atoms with Crippen LogP contribution >= 0.6 is 0 Å². The molecule has 0 bridgehead atoms. The predicted molar refractivity (Wildman–Crippen MR) is 149 cm³/mol. The second-order valence-electron chi connectivity index (χ2n) is 9.11. The summed E-state index contributed by atoms with van der Waals surface area (Å²) < 4.78 is 11.2. The zero-order valence-corrected chi connectivity index (χ0v) is 21.8. The number of hydrogen-bond donors (Lipinski definition) is 0. The molecular weight excluding hydrogens is 492 g/mol. The molecule has 4 aromatic rings. The van der Waals surface area contributed by atoms with Gasteiger partial charge in [0.2, 0.25) is 0 Å². The Kier molecular flexibility index (Phi) is 8.12. The van der Waals surface area contributed by atoms with Crippen molar-refractivity contribution in [3.8, 4) is 22.8 Å². The van der Waals surface area contributed by atoms with Gasteiger partial charge in [0.05, 0.1) is 12.3 Å². The predicted octanol–water partition coefficient (Wildman–Crippen LogP) is 4.50. The first-order valence-electron chi connectivity index (χ1n) is 13.0. The van der Waals surface area contributed by atoms with E-state index in [4.69, 9.17) is 9.47 Å². The minimum absolute atomic E-state index is 0.0494. The second-order valence-corrected chi connectivity index (χ2v) is 9.11. The molecule has 1 saturated heterocycles. The van der Waals surface area contributed by atoms with E-state index in [0.717, 1.165) is 22.8 Å². The van der Waals surface area contributed by atoms with Crippen LogP contribution in [0.1, 0.15) is 22.8 Å². The molecule has 1 aromatic heterocycles. The summed E-state index contributed by atoms with van der Waals surface area (Å²) in [5.41, 5.74) is 2.98. The highest BCUT2D eigenvalue weighted by Crippen LogP contribution is 2.22. The van der Waals surface area contributed by atoms with Gasteiger partial charge in [0, 0.05) is 42.9 Å². The Morgan fingerprint density at radius 2 is 1.36 bits per heavy atom. The average Bonchev–Trinajstić information content (AvgIpc) is 3.01. The Hall–Kier alpha value is -4.72. The highest BCUT2D eigenvalue weighted by Gasteiger charge is 2.22. The number of rotatable bonds is 9. The number of ketones is 1. The van der Waals surface area contributed by atoms with Crippen molar-refractivity contribution in [2.24, 2.45) is 0 Å². The van der Waals surface area contributed by atoms with Crippen molar-refractivity contribution in [2.75, 3.05) is 44.3 Å². The lowest BCUT2D eigenvalue weighted by molar-refractivity contribution is -0.133. The van der Waals surface area contributed by atoms with E-state index in [-0.39, 0.29) is 18.3 Å². The maximum absolute atomic E-state index is 12.7. The molecule has 0 N–H and O–H groups in total. The number of carbonyl (C=O) groups is 2. The Morgan fingerprint density at radius 1 is 0.718 bits per heavy atom. The summed E-state index contributed by atoms with van der Waals surface area (Å²) >= 11 is 0. The Morgan fingerprint density at radius 3 is 2.00 bits per heavy atom. The molecule has 2 heterocycles. The molecule has 8 heteroatoms. The summed E-state index contributed by atoms with van der Waals surface area (Å²) in [4.78, 5) is 29.2. The minimum atomic E-state index is -0.0731. The van der Waals surface area contributed by atoms with Crippen molar-refractivity contribution in [1.82, 2.24) is 15.1 Å². The number of carbonyl (C=O) groups excluding carboxylic acids is 2. The Bertz CT molecular complexity index is 1380. The van der Waals surface area contributed by atoms with E-state index in [0.29, 0.717) is 49.7 Å². The standard InChI is InChI=1S/C31H30N4O4/c1-2-38-26-12-8-23(9-13-26)28-16-17-29(33-32-28)34-18-20-35(21-19-34)30(36)22-39-27-14-10-25(11-15-27)31(37)24-6-4-3-5-7-24/h3-17H,2,18-22H2,1H3. The minimum Gasteiger partial charge on any atom is -0.494 e. The van der Waals surface area contributed by atoms with Gasteiger partial charge in [0.15, 0.2) is 18.2 Å². The van der Waals surface area contributed by atoms with E-state index >= 15 is 0 Å². The smallest absolute Gasteiger partial charge is 0.260 e. The van der Waals surface area contributed by atoms with Crippen molar-refractivity contribution < 1.29 is 19.1 Å². The van der Waals surface area contributed by atoms with E-state index in [9.17, 15) is 9.59 Å². The summed E-state index contributed by atoms with van der Waals surface area (Å²) in [5, 5.41) is 8.81. The van der Waals surface area contributed by atoms with Gasteiger partial charge in [-0.05, 0) is 67.6 Å². The van der Waals surface area contributed by atoms with E-state index in [1.165, 1.54) is 0 Å². The molecule has 1 aliphatic heterocycles. The molecule has 1 amide bonds. The molecular formula is C31H30N4O4. The zero-order chi connectivity index (χ0) is 27.0. The van der Waals surface area contributed by atoms with Crippen molar-refractivity contribution in [2.45, 2.75) is 6.92 Å². The van der Waals surface area contributed by atoms with Crippen molar-refractivity contribution in [3.05, 3.63) is 102 Å². The third-order valence-corrected chi connectivity index (χ3v) is 6.58. The number of hydrogen-bond acceptors (Lipinski definition) is 7. The quantitative estimate of drug-likeness (QED) is 0.299. The lowest BCUT2D eigenvalue weighted by atomic mass is 10.0. The van der Waals surface area contributed by atoms with Gasteiger partial charge in [-0.2, -0.15) is 0 Å². The normalized spacial score (nSPS) is 13.2. The van der Waals surface area contributed by atoms with Crippen LogP contribution in [0.2, 0.25) is 0 Å². The van der Waals surface area contributed by atoms with E-state index in [1.807, 2.05) is 61.5 Å². The van der Waals surface area contributed by atoms with E-state index in [2.05, 4.69) is 15.1 Å². The number of anilines is 1. The topological polar surface area (TPSA) is 84.9 Å². The van der Waals surface area contributed by atoms with Crippen LogP contribution in [0, 0.1) is 0 Å². The average molecular weight is 523 g/mol. The lowest BCUT2D eigenvalue weighted by Gasteiger charge is -2.35. The Labute approximate surface area is 227 Å². The van der Waals surface area contributed by atoms with E-state index < -0.39 is 0 Å². The highest BCUT2D eigenvalue weighted by molar-refractivity contribution is 6.09. The van der Waals surface area contributed by atoms with Crippen LogP contribution in [0.25, 0.3) is 11.3 Å². The van der Waals surface area contributed by atoms with Gasteiger partial charge < -0.3 is 19.3 Å². The van der Waals surface area contributed by atoms with Gasteiger partial charge in [-0.1, -0.05) is 30.3 Å². The maximum atomic E-state index is 12.7. The first-order chi connectivity index (χ1) is 19.1. The van der Waals surface area contributed by atoms with E-state index in [1.54, 1.807) is 41.3 Å². The zero-order valence-electron chi connectivity index (χ0n) is 21.8. The fourth-order valence-electron chi connectivity index (χ4n) is 4.42. The van der Waals surface area contributed by atoms with Crippen LogP contribution in [0.3, 0.4) is 0 Å². The second kappa shape index (κ2) is 12.2. The monoisotopic (exact) mass is 522 g/mol. The molecule has 39 heavy (non-hydrogen) atoms. The third kappa shape index (κ3) is 6.41. The third-order valence-electron chi connectivity index (χ3n) is 6.58. The van der Waals surface area contributed by atoms with Crippen molar-refractivity contribution in [3.63, 3.8) is 0 Å². The van der Waals surface area contributed by atoms with Crippen LogP contribution in [0.15, 0.2) is 91.0 Å². The highest BCUT2D eigenvalue weighted by atomic mass is 16.5. The summed E-state index contributed by atoms with van der Waals surface area (Å²) in [6.07, 6.45) is 0. The van der Waals surface area contributed by atoms with Gasteiger partial charge >= 0.3 is 0 Å². The summed E-state index contributed by atoms with van der Waals surface area (Å²) in [6, 6.07) is 27.7. The van der Waals surface area contributed by atoms with Gasteiger partial charge in [-0.3, -0.25) is 9.59 Å². The molecule has 1 aliphatic rings. The molecule has 0 radical (unpaired) electrons. The molecule has 0 aliphatic carbocycles. The van der Waals surface area contributed by atoms with Crippen LogP contribution in [-0.4, -0.2) is 66.2 Å². The molecule has 0 saturated carbocycles. The molecule has 8 nitrogen and oxygen atoms in total.